The zero-order valence-electron chi connectivity index (χ0n) is 20.4. The van der Waals surface area contributed by atoms with Gasteiger partial charge in [0.15, 0.2) is 0 Å². The fourth-order valence-corrected chi connectivity index (χ4v) is 0. The van der Waals surface area contributed by atoms with Crippen LogP contribution in [0.2, 0.25) is 0 Å². The van der Waals surface area contributed by atoms with E-state index in [2.05, 4.69) is 0 Å². The van der Waals surface area contributed by atoms with Gasteiger partial charge in [0.05, 0.1) is 0 Å². The molecule has 57 heteroatoms. The molecule has 0 saturated carbocycles. The van der Waals surface area contributed by atoms with Crippen LogP contribution in [-0.4, -0.2) is 360 Å². The Morgan fingerprint density at radius 2 is 0.0351 bits per heavy atom. The molecule has 0 aliphatic rings. The van der Waals surface area contributed by atoms with Crippen LogP contribution >= 0.6 is 0 Å². The number of hydrogen-bond donors (Lipinski definition) is 0. The van der Waals surface area contributed by atoms with Crippen molar-refractivity contribution in [2.24, 2.45) is 0 Å². The van der Waals surface area contributed by atoms with Crippen LogP contribution in [0.15, 0.2) is 0 Å². The zero-order chi connectivity index (χ0) is 0. The summed E-state index contributed by atoms with van der Waals surface area (Å²) in [6.07, 6.45) is 0. The van der Waals surface area contributed by atoms with Gasteiger partial charge in [-0.2, -0.15) is 0 Å². The second-order valence-corrected chi connectivity index (χ2v) is 0. The zero-order valence-corrected chi connectivity index (χ0v) is 20.4. The van der Waals surface area contributed by atoms with E-state index in [1.807, 2.05) is 0 Å². The van der Waals surface area contributed by atoms with Crippen LogP contribution < -0.4 is 0 Å². The molecule has 0 rings (SSSR count). The van der Waals surface area contributed by atoms with Crippen LogP contribution in [0.1, 0.15) is 0 Å². The summed E-state index contributed by atoms with van der Waals surface area (Å²) < 4.78 is 0. The first-order valence-electron chi connectivity index (χ1n) is 0. The average Bonchev–Trinajstić information content (AvgIpc) is 0. The van der Waals surface area contributed by atoms with Crippen molar-refractivity contribution in [1.29, 1.82) is 0 Å². The number of hydrogen-bond acceptors (Lipinski definition) is 0. The third kappa shape index (κ3) is 3880. The van der Waals surface area contributed by atoms with E-state index in [1.54, 1.807) is 0 Å². The first-order chi connectivity index (χ1) is 0. The number of rotatable bonds is 0. The van der Waals surface area contributed by atoms with Gasteiger partial charge >= 0.3 is 360 Å². The molecule has 0 aromatic heterocycles. The van der Waals surface area contributed by atoms with E-state index in [9.17, 15) is 0 Å². The summed E-state index contributed by atoms with van der Waals surface area (Å²) in [4.78, 5) is 0. The van der Waals surface area contributed by atoms with Gasteiger partial charge in [-0.1, -0.05) is 0 Å². The van der Waals surface area contributed by atoms with Gasteiger partial charge in [-0.15, -0.1) is 0 Å². The van der Waals surface area contributed by atoms with E-state index in [0.717, 1.165) is 0 Å². The Labute approximate surface area is 580 Å². The molecule has 0 radical (unpaired) electrons. The Balaban J connectivity index is 0. The Bertz CT molecular complexity index is 30.6. The molecule has 0 aliphatic heterocycles. The molecular weight excluding hydrogens is 1220 g/mol. The van der Waals surface area contributed by atoms with Crippen LogP contribution in [-0.2, 0) is 0 Å². The molecule has 57 heavy (non-hydrogen) atoms. The van der Waals surface area contributed by atoms with Gasteiger partial charge in [-0.05, 0) is 0 Å². The van der Waals surface area contributed by atoms with Crippen LogP contribution in [0.4, 0.5) is 235 Å². The van der Waals surface area contributed by atoms with Crippen molar-refractivity contribution in [2.75, 3.05) is 0 Å². The molecule has 0 bridgehead atoms. The second kappa shape index (κ2) is 4010. The van der Waals surface area contributed by atoms with E-state index < -0.39 is 0 Å². The average molecular weight is 1280 g/mol. The predicted molar refractivity (Wildman–Crippen MR) is 175 cm³/mol. The molecular formula is H57F50K7. The van der Waals surface area contributed by atoms with Crippen LogP contribution in [0, 0.1) is 0 Å². The Morgan fingerprint density at radius 3 is 0.0351 bits per heavy atom. The van der Waals surface area contributed by atoms with E-state index in [1.165, 1.54) is 0 Å². The van der Waals surface area contributed by atoms with Gasteiger partial charge in [0.25, 0.3) is 0 Å². The van der Waals surface area contributed by atoms with Crippen molar-refractivity contribution in [1.82, 2.24) is 0 Å². The first-order valence-corrected chi connectivity index (χ1v) is 0. The Kier molecular flexibility index (Phi) is 295000. The van der Waals surface area contributed by atoms with Gasteiger partial charge in [-0.25, -0.2) is 0 Å². The summed E-state index contributed by atoms with van der Waals surface area (Å²) in [5.41, 5.74) is 0. The summed E-state index contributed by atoms with van der Waals surface area (Å²) >= 11 is 0. The van der Waals surface area contributed by atoms with Gasteiger partial charge in [-0.3, -0.25) is 235 Å². The Morgan fingerprint density at radius 1 is 0.0351 bits per heavy atom. The van der Waals surface area contributed by atoms with Crippen LogP contribution in [0.5, 0.6) is 0 Å². The van der Waals surface area contributed by atoms with Crippen molar-refractivity contribution in [2.45, 2.75) is 0 Å². The molecule has 0 aromatic carbocycles. The maximum atomic E-state index is 0. The monoisotopic (exact) mass is 1280 g/mol. The van der Waals surface area contributed by atoms with Crippen LogP contribution in [0.3, 0.4) is 0 Å². The van der Waals surface area contributed by atoms with Crippen molar-refractivity contribution in [3.8, 4) is 0 Å². The van der Waals surface area contributed by atoms with Crippen molar-refractivity contribution >= 4 is 360 Å². The summed E-state index contributed by atoms with van der Waals surface area (Å²) in [6.45, 7) is 0. The van der Waals surface area contributed by atoms with Crippen molar-refractivity contribution in [3.05, 3.63) is 0 Å². The summed E-state index contributed by atoms with van der Waals surface area (Å²) in [7, 11) is 0. The van der Waals surface area contributed by atoms with Crippen molar-refractivity contribution < 1.29 is 235 Å². The molecule has 0 atom stereocenters. The fourth-order valence-electron chi connectivity index (χ4n) is 0. The molecule has 414 valence electrons. The molecule has 0 amide bonds. The predicted octanol–water partition coefficient (Wildman–Crippen LogP) is 3.09. The molecule has 0 saturated heterocycles. The van der Waals surface area contributed by atoms with Crippen LogP contribution in [0.25, 0.3) is 0 Å². The summed E-state index contributed by atoms with van der Waals surface area (Å²) in [5.74, 6) is 0. The molecule has 0 nitrogen and oxygen atoms in total. The SMILES string of the molecule is F.F.F.F.F.F.F.F.F.F.F.F.F.F.F.F.F.F.F.F.F.F.F.F.F.F.F.F.F.F.F.F.F.F.F.F.F.F.F.F.F.F.F.F.F.F.F.F.F.F.[KH].[KH].[KH].[KH].[KH].[KH].[KH]. The molecule has 0 N–H and O–H groups in total. The normalized spacial score (nSPS) is 0. The van der Waals surface area contributed by atoms with Crippen molar-refractivity contribution in [3.63, 3.8) is 0 Å². The molecule has 0 aliphatic carbocycles. The van der Waals surface area contributed by atoms with Gasteiger partial charge in [0.1, 0.15) is 0 Å². The van der Waals surface area contributed by atoms with E-state index in [0.29, 0.717) is 0 Å². The molecule has 0 fully saturated rings. The minimum atomic E-state index is 0. The standard InChI is InChI=1S/50FH.7K.7H/h50*1H;;;;;;;;;;;;;;. The number of halogens is 50. The van der Waals surface area contributed by atoms with E-state index in [-0.39, 0.29) is 595 Å². The quantitative estimate of drug-likeness (QED) is 0.259. The fraction of sp³-hybridized carbons (Fsp3) is 0. The third-order valence-corrected chi connectivity index (χ3v) is 0. The van der Waals surface area contributed by atoms with Gasteiger partial charge in [0.2, 0.25) is 0 Å². The van der Waals surface area contributed by atoms with E-state index in [4.69, 9.17) is 0 Å². The summed E-state index contributed by atoms with van der Waals surface area (Å²) in [5, 5.41) is 0. The topological polar surface area (TPSA) is 0 Å². The minimum absolute atomic E-state index is 0. The molecule has 0 heterocycles. The second-order valence-electron chi connectivity index (χ2n) is 0. The molecule has 0 spiro atoms. The van der Waals surface area contributed by atoms with E-state index >= 15 is 0 Å². The Hall–Kier alpha value is 7.95. The van der Waals surface area contributed by atoms with Gasteiger partial charge < -0.3 is 0 Å². The maximum absolute atomic E-state index is 0. The van der Waals surface area contributed by atoms with Gasteiger partial charge in [0, 0.05) is 0 Å². The summed E-state index contributed by atoms with van der Waals surface area (Å²) in [6, 6.07) is 0. The molecule has 0 unspecified atom stereocenters. The molecule has 0 aromatic rings. The first kappa shape index (κ1) is 4200. The third-order valence-electron chi connectivity index (χ3n) is 0.